The molecule has 0 spiro atoms. The normalized spacial score (nSPS) is 13.8. The summed E-state index contributed by atoms with van der Waals surface area (Å²) < 4.78 is 18.4. The van der Waals surface area contributed by atoms with Gasteiger partial charge in [0.25, 0.3) is 0 Å². The molecular formula is C15H22FNO3. The molecule has 1 N–H and O–H groups in total. The molecule has 1 amide bonds. The van der Waals surface area contributed by atoms with Gasteiger partial charge in [0, 0.05) is 26.6 Å². The summed E-state index contributed by atoms with van der Waals surface area (Å²) in [5.41, 5.74) is 0.527. The van der Waals surface area contributed by atoms with Gasteiger partial charge in [-0.3, -0.25) is 4.79 Å². The quantitative estimate of drug-likeness (QED) is 0.824. The minimum absolute atomic E-state index is 0.122. The predicted octanol–water partition coefficient (Wildman–Crippen LogP) is 1.47. The smallest absolute Gasteiger partial charge is 0.225 e. The highest BCUT2D eigenvalue weighted by atomic mass is 19.1. The molecule has 5 heteroatoms. The second kappa shape index (κ2) is 7.97. The third kappa shape index (κ3) is 4.90. The van der Waals surface area contributed by atoms with Gasteiger partial charge in [0.15, 0.2) is 0 Å². The van der Waals surface area contributed by atoms with Crippen LogP contribution in [0.15, 0.2) is 24.3 Å². The van der Waals surface area contributed by atoms with Gasteiger partial charge in [0.2, 0.25) is 5.91 Å². The largest absolute Gasteiger partial charge is 0.389 e. The Hall–Kier alpha value is -1.46. The molecule has 0 aliphatic rings. The fourth-order valence-electron chi connectivity index (χ4n) is 2.11. The lowest BCUT2D eigenvalue weighted by molar-refractivity contribution is -0.135. The number of methoxy groups -OCH3 is 1. The van der Waals surface area contributed by atoms with Gasteiger partial charge >= 0.3 is 0 Å². The van der Waals surface area contributed by atoms with Crippen LogP contribution in [-0.4, -0.2) is 49.3 Å². The molecule has 0 aromatic heterocycles. The van der Waals surface area contributed by atoms with Gasteiger partial charge in [0.05, 0.1) is 12.7 Å². The Morgan fingerprint density at radius 3 is 2.70 bits per heavy atom. The number of likely N-dealkylation sites (N-methyl/N-ethyl adjacent to an activating group) is 1. The van der Waals surface area contributed by atoms with Crippen molar-refractivity contribution in [3.8, 4) is 0 Å². The van der Waals surface area contributed by atoms with Gasteiger partial charge in [-0.1, -0.05) is 25.1 Å². The molecule has 0 radical (unpaired) electrons. The van der Waals surface area contributed by atoms with Crippen LogP contribution in [0.25, 0.3) is 0 Å². The number of amides is 1. The number of carbonyl (C=O) groups excluding carboxylic acids is 1. The van der Waals surface area contributed by atoms with Gasteiger partial charge in [-0.2, -0.15) is 0 Å². The lowest BCUT2D eigenvalue weighted by atomic mass is 9.99. The lowest BCUT2D eigenvalue weighted by Crippen LogP contribution is -2.39. The molecule has 0 fully saturated rings. The van der Waals surface area contributed by atoms with Crippen molar-refractivity contribution in [1.82, 2.24) is 4.90 Å². The van der Waals surface area contributed by atoms with Crippen molar-refractivity contribution in [2.75, 3.05) is 27.3 Å². The van der Waals surface area contributed by atoms with E-state index in [4.69, 9.17) is 4.74 Å². The van der Waals surface area contributed by atoms with Gasteiger partial charge in [-0.15, -0.1) is 0 Å². The highest BCUT2D eigenvalue weighted by Crippen LogP contribution is 2.14. The van der Waals surface area contributed by atoms with Crippen LogP contribution in [-0.2, 0) is 16.0 Å². The average molecular weight is 283 g/mol. The molecule has 112 valence electrons. The summed E-state index contributed by atoms with van der Waals surface area (Å²) in [5.74, 6) is -0.760. The third-order valence-corrected chi connectivity index (χ3v) is 3.13. The van der Waals surface area contributed by atoms with Crippen molar-refractivity contribution in [1.29, 1.82) is 0 Å². The number of halogens is 1. The number of ether oxygens (including phenoxy) is 1. The number of aliphatic hydroxyl groups excluding tert-OH is 1. The molecule has 20 heavy (non-hydrogen) atoms. The summed E-state index contributed by atoms with van der Waals surface area (Å²) in [7, 11) is 3.12. The van der Waals surface area contributed by atoms with Crippen molar-refractivity contribution in [3.05, 3.63) is 35.6 Å². The fourth-order valence-corrected chi connectivity index (χ4v) is 2.11. The first-order valence-electron chi connectivity index (χ1n) is 6.61. The van der Waals surface area contributed by atoms with Crippen LogP contribution >= 0.6 is 0 Å². The lowest BCUT2D eigenvalue weighted by Gasteiger charge is -2.23. The molecule has 0 saturated carbocycles. The number of benzene rings is 1. The molecule has 0 aliphatic carbocycles. The standard InChI is InChI=1S/C15H22FNO3/c1-11(8-12-6-4-5-7-14(12)16)15(19)17(2)9-13(18)10-20-3/h4-7,11,13,18H,8-10H2,1-3H3. The van der Waals surface area contributed by atoms with Crippen LogP contribution in [0.5, 0.6) is 0 Å². The van der Waals surface area contributed by atoms with E-state index >= 15 is 0 Å². The SMILES string of the molecule is COCC(O)CN(C)C(=O)C(C)Cc1ccccc1F. The molecule has 0 saturated heterocycles. The van der Waals surface area contributed by atoms with Gasteiger partial charge in [-0.25, -0.2) is 4.39 Å². The van der Waals surface area contributed by atoms with E-state index in [1.54, 1.807) is 32.2 Å². The number of hydrogen-bond donors (Lipinski definition) is 1. The molecule has 0 bridgehead atoms. The van der Waals surface area contributed by atoms with E-state index in [0.717, 1.165) is 0 Å². The zero-order valence-corrected chi connectivity index (χ0v) is 12.2. The Morgan fingerprint density at radius 2 is 2.10 bits per heavy atom. The first-order chi connectivity index (χ1) is 9.45. The average Bonchev–Trinajstić information content (AvgIpc) is 2.40. The van der Waals surface area contributed by atoms with E-state index < -0.39 is 6.10 Å². The van der Waals surface area contributed by atoms with Crippen LogP contribution in [0.1, 0.15) is 12.5 Å². The number of hydrogen-bond acceptors (Lipinski definition) is 3. The maximum Gasteiger partial charge on any atom is 0.225 e. The maximum atomic E-state index is 13.5. The maximum absolute atomic E-state index is 13.5. The van der Waals surface area contributed by atoms with Crippen LogP contribution in [0.2, 0.25) is 0 Å². The van der Waals surface area contributed by atoms with E-state index in [2.05, 4.69) is 0 Å². The topological polar surface area (TPSA) is 49.8 Å². The Morgan fingerprint density at radius 1 is 1.45 bits per heavy atom. The third-order valence-electron chi connectivity index (χ3n) is 3.13. The number of aliphatic hydroxyl groups is 1. The van der Waals surface area contributed by atoms with E-state index in [1.807, 2.05) is 0 Å². The summed E-state index contributed by atoms with van der Waals surface area (Å²) in [6.07, 6.45) is -0.370. The second-order valence-electron chi connectivity index (χ2n) is 5.02. The molecule has 1 rings (SSSR count). The minimum Gasteiger partial charge on any atom is -0.389 e. The van der Waals surface area contributed by atoms with Crippen molar-refractivity contribution >= 4 is 5.91 Å². The predicted molar refractivity (Wildman–Crippen MR) is 74.8 cm³/mol. The zero-order chi connectivity index (χ0) is 15.1. The Bertz CT molecular complexity index is 439. The number of rotatable bonds is 7. The molecular weight excluding hydrogens is 261 g/mol. The first-order valence-corrected chi connectivity index (χ1v) is 6.61. The van der Waals surface area contributed by atoms with Crippen LogP contribution in [0, 0.1) is 11.7 Å². The molecule has 2 atom stereocenters. The van der Waals surface area contributed by atoms with E-state index in [9.17, 15) is 14.3 Å². The molecule has 1 aromatic carbocycles. The summed E-state index contributed by atoms with van der Waals surface area (Å²) in [6.45, 7) is 2.14. The van der Waals surface area contributed by atoms with E-state index in [1.165, 1.54) is 18.1 Å². The highest BCUT2D eigenvalue weighted by Gasteiger charge is 2.20. The zero-order valence-electron chi connectivity index (χ0n) is 12.2. The minimum atomic E-state index is -0.713. The van der Waals surface area contributed by atoms with Gasteiger partial charge in [-0.05, 0) is 18.1 Å². The second-order valence-corrected chi connectivity index (χ2v) is 5.02. The van der Waals surface area contributed by atoms with Gasteiger partial charge in [0.1, 0.15) is 5.82 Å². The van der Waals surface area contributed by atoms with E-state index in [0.29, 0.717) is 12.0 Å². The van der Waals surface area contributed by atoms with Crippen LogP contribution in [0.3, 0.4) is 0 Å². The molecule has 4 nitrogen and oxygen atoms in total. The van der Waals surface area contributed by atoms with Crippen molar-refractivity contribution in [2.24, 2.45) is 5.92 Å². The summed E-state index contributed by atoms with van der Waals surface area (Å²) >= 11 is 0. The molecule has 1 aromatic rings. The highest BCUT2D eigenvalue weighted by molar-refractivity contribution is 5.78. The van der Waals surface area contributed by atoms with Crippen molar-refractivity contribution in [3.63, 3.8) is 0 Å². The van der Waals surface area contributed by atoms with Crippen LogP contribution in [0.4, 0.5) is 4.39 Å². The van der Waals surface area contributed by atoms with Gasteiger partial charge < -0.3 is 14.7 Å². The molecule has 0 heterocycles. The summed E-state index contributed by atoms with van der Waals surface area (Å²) in [6, 6.07) is 6.44. The number of nitrogens with zero attached hydrogens (tertiary/aromatic N) is 1. The fraction of sp³-hybridized carbons (Fsp3) is 0.533. The monoisotopic (exact) mass is 283 g/mol. The molecule has 2 unspecified atom stereocenters. The Balaban J connectivity index is 2.56. The van der Waals surface area contributed by atoms with E-state index in [-0.39, 0.29) is 30.8 Å². The Kier molecular flexibility index (Phi) is 6.61. The van der Waals surface area contributed by atoms with Crippen LogP contribution < -0.4 is 0 Å². The summed E-state index contributed by atoms with van der Waals surface area (Å²) in [4.78, 5) is 13.6. The molecule has 0 aliphatic heterocycles. The van der Waals surface area contributed by atoms with Crippen molar-refractivity contribution in [2.45, 2.75) is 19.4 Å². The Labute approximate surface area is 119 Å². The number of carbonyl (C=O) groups is 1. The van der Waals surface area contributed by atoms with Crippen molar-refractivity contribution < 1.29 is 19.0 Å². The summed E-state index contributed by atoms with van der Waals surface area (Å²) in [5, 5.41) is 9.61. The first kappa shape index (κ1) is 16.6.